The Morgan fingerprint density at radius 3 is 2.87 bits per heavy atom. The lowest BCUT2D eigenvalue weighted by molar-refractivity contribution is -0.121. The Bertz CT molecular complexity index is 843. The molecular formula is C19H19N3O. The fourth-order valence-corrected chi connectivity index (χ4v) is 2.85. The van der Waals surface area contributed by atoms with Crippen LogP contribution in [-0.2, 0) is 11.3 Å². The Morgan fingerprint density at radius 2 is 2.00 bits per heavy atom. The maximum atomic E-state index is 11.9. The Hall–Kier alpha value is -2.62. The first-order valence-corrected chi connectivity index (χ1v) is 8.07. The summed E-state index contributed by atoms with van der Waals surface area (Å²) in [5.74, 6) is 0.729. The maximum absolute atomic E-state index is 11.9. The Balaban J connectivity index is 1.53. The summed E-state index contributed by atoms with van der Waals surface area (Å²) in [7, 11) is 0. The molecule has 0 radical (unpaired) electrons. The summed E-state index contributed by atoms with van der Waals surface area (Å²) < 4.78 is 1.71. The van der Waals surface area contributed by atoms with Crippen LogP contribution < -0.4 is 5.32 Å². The van der Waals surface area contributed by atoms with Gasteiger partial charge in [0.1, 0.15) is 6.54 Å². The minimum atomic E-state index is 0.0319. The van der Waals surface area contributed by atoms with Gasteiger partial charge in [0.15, 0.2) is 0 Å². The number of aromatic nitrogens is 2. The van der Waals surface area contributed by atoms with Gasteiger partial charge in [0.05, 0.1) is 6.20 Å². The van der Waals surface area contributed by atoms with Crippen molar-refractivity contribution in [2.24, 2.45) is 5.92 Å². The van der Waals surface area contributed by atoms with E-state index in [-0.39, 0.29) is 12.5 Å². The van der Waals surface area contributed by atoms with E-state index in [1.807, 2.05) is 24.5 Å². The van der Waals surface area contributed by atoms with E-state index in [2.05, 4.69) is 40.7 Å². The molecule has 23 heavy (non-hydrogen) atoms. The van der Waals surface area contributed by atoms with Gasteiger partial charge < -0.3 is 5.32 Å². The molecule has 0 saturated heterocycles. The van der Waals surface area contributed by atoms with Crippen LogP contribution in [0.25, 0.3) is 21.9 Å². The number of carbonyl (C=O) groups excluding carboxylic acids is 1. The summed E-state index contributed by atoms with van der Waals surface area (Å²) in [6.07, 6.45) is 6.26. The second-order valence-corrected chi connectivity index (χ2v) is 6.20. The third kappa shape index (κ3) is 3.11. The third-order valence-corrected chi connectivity index (χ3v) is 4.32. The quantitative estimate of drug-likeness (QED) is 0.786. The predicted octanol–water partition coefficient (Wildman–Crippen LogP) is 3.23. The smallest absolute Gasteiger partial charge is 0.241 e. The van der Waals surface area contributed by atoms with E-state index >= 15 is 0 Å². The lowest BCUT2D eigenvalue weighted by atomic mass is 10.0. The van der Waals surface area contributed by atoms with Crippen molar-refractivity contribution in [3.05, 3.63) is 54.9 Å². The SMILES string of the molecule is O=C(Cn1cc(-c2cccc3ccccc23)cn1)NCC1CC1. The summed E-state index contributed by atoms with van der Waals surface area (Å²) in [5, 5.41) is 9.72. The molecule has 1 saturated carbocycles. The molecule has 1 N–H and O–H groups in total. The van der Waals surface area contributed by atoms with Crippen molar-refractivity contribution in [1.29, 1.82) is 0 Å². The average Bonchev–Trinajstić information content (AvgIpc) is 3.30. The Labute approximate surface area is 135 Å². The van der Waals surface area contributed by atoms with Crippen LogP contribution in [0.2, 0.25) is 0 Å². The molecular weight excluding hydrogens is 286 g/mol. The van der Waals surface area contributed by atoms with Crippen LogP contribution in [0, 0.1) is 5.92 Å². The molecule has 0 bridgehead atoms. The van der Waals surface area contributed by atoms with E-state index < -0.39 is 0 Å². The first kappa shape index (κ1) is 14.0. The fourth-order valence-electron chi connectivity index (χ4n) is 2.85. The summed E-state index contributed by atoms with van der Waals surface area (Å²) in [5.41, 5.74) is 2.18. The molecule has 116 valence electrons. The number of benzene rings is 2. The van der Waals surface area contributed by atoms with Gasteiger partial charge in [-0.25, -0.2) is 0 Å². The van der Waals surface area contributed by atoms with E-state index in [4.69, 9.17) is 0 Å². The monoisotopic (exact) mass is 305 g/mol. The van der Waals surface area contributed by atoms with Crippen molar-refractivity contribution in [3.63, 3.8) is 0 Å². The zero-order chi connectivity index (χ0) is 15.6. The lowest BCUT2D eigenvalue weighted by Gasteiger charge is -2.05. The van der Waals surface area contributed by atoms with E-state index in [0.717, 1.165) is 17.7 Å². The molecule has 4 heteroatoms. The highest BCUT2D eigenvalue weighted by molar-refractivity contribution is 5.96. The van der Waals surface area contributed by atoms with Crippen molar-refractivity contribution < 1.29 is 4.79 Å². The first-order chi connectivity index (χ1) is 11.3. The number of carbonyl (C=O) groups is 1. The normalized spacial score (nSPS) is 14.1. The Kier molecular flexibility index (Phi) is 3.58. The number of nitrogens with one attached hydrogen (secondary N) is 1. The molecule has 1 heterocycles. The molecule has 1 aromatic heterocycles. The molecule has 3 aromatic rings. The van der Waals surface area contributed by atoms with Gasteiger partial charge in [-0.05, 0) is 35.1 Å². The third-order valence-electron chi connectivity index (χ3n) is 4.32. The molecule has 0 unspecified atom stereocenters. The largest absolute Gasteiger partial charge is 0.354 e. The summed E-state index contributed by atoms with van der Waals surface area (Å²) in [6, 6.07) is 14.6. The van der Waals surface area contributed by atoms with Crippen LogP contribution in [0.15, 0.2) is 54.9 Å². The zero-order valence-corrected chi connectivity index (χ0v) is 12.9. The van der Waals surface area contributed by atoms with Crippen molar-refractivity contribution in [2.75, 3.05) is 6.54 Å². The molecule has 1 aliphatic rings. The van der Waals surface area contributed by atoms with Crippen LogP contribution in [0.3, 0.4) is 0 Å². The number of hydrogen-bond acceptors (Lipinski definition) is 2. The van der Waals surface area contributed by atoms with Crippen molar-refractivity contribution >= 4 is 16.7 Å². The second kappa shape index (κ2) is 5.88. The van der Waals surface area contributed by atoms with Crippen molar-refractivity contribution in [1.82, 2.24) is 15.1 Å². The van der Waals surface area contributed by atoms with Gasteiger partial charge in [0.2, 0.25) is 5.91 Å². The van der Waals surface area contributed by atoms with Crippen LogP contribution in [0.5, 0.6) is 0 Å². The van der Waals surface area contributed by atoms with E-state index in [1.165, 1.54) is 23.6 Å². The highest BCUT2D eigenvalue weighted by atomic mass is 16.2. The molecule has 1 aliphatic carbocycles. The highest BCUT2D eigenvalue weighted by Gasteiger charge is 2.21. The van der Waals surface area contributed by atoms with E-state index in [1.54, 1.807) is 4.68 Å². The van der Waals surface area contributed by atoms with Gasteiger partial charge in [0, 0.05) is 18.3 Å². The molecule has 2 aromatic carbocycles. The van der Waals surface area contributed by atoms with Gasteiger partial charge in [-0.2, -0.15) is 5.10 Å². The fraction of sp³-hybridized carbons (Fsp3) is 0.263. The minimum Gasteiger partial charge on any atom is -0.354 e. The molecule has 0 atom stereocenters. The summed E-state index contributed by atoms with van der Waals surface area (Å²) in [6.45, 7) is 1.08. The molecule has 1 amide bonds. The van der Waals surface area contributed by atoms with Crippen molar-refractivity contribution in [3.8, 4) is 11.1 Å². The number of amides is 1. The van der Waals surface area contributed by atoms with E-state index in [9.17, 15) is 4.79 Å². The van der Waals surface area contributed by atoms with Crippen LogP contribution in [0.4, 0.5) is 0 Å². The molecule has 4 nitrogen and oxygen atoms in total. The van der Waals surface area contributed by atoms with Gasteiger partial charge in [0.25, 0.3) is 0 Å². The molecule has 4 rings (SSSR count). The lowest BCUT2D eigenvalue weighted by Crippen LogP contribution is -2.29. The van der Waals surface area contributed by atoms with Gasteiger partial charge in [-0.3, -0.25) is 9.48 Å². The summed E-state index contributed by atoms with van der Waals surface area (Å²) >= 11 is 0. The second-order valence-electron chi connectivity index (χ2n) is 6.20. The number of rotatable bonds is 5. The van der Waals surface area contributed by atoms with Gasteiger partial charge >= 0.3 is 0 Å². The highest BCUT2D eigenvalue weighted by Crippen LogP contribution is 2.28. The molecule has 1 fully saturated rings. The van der Waals surface area contributed by atoms with Gasteiger partial charge in [-0.15, -0.1) is 0 Å². The predicted molar refractivity (Wildman–Crippen MR) is 90.9 cm³/mol. The molecule has 0 aliphatic heterocycles. The maximum Gasteiger partial charge on any atom is 0.241 e. The standard InChI is InChI=1S/C19H19N3O/c23-19(20-10-14-8-9-14)13-22-12-16(11-21-22)18-7-3-5-15-4-1-2-6-17(15)18/h1-7,11-12,14H,8-10,13H2,(H,20,23). The Morgan fingerprint density at radius 1 is 1.17 bits per heavy atom. The topological polar surface area (TPSA) is 46.9 Å². The first-order valence-electron chi connectivity index (χ1n) is 8.07. The average molecular weight is 305 g/mol. The zero-order valence-electron chi connectivity index (χ0n) is 12.9. The number of nitrogens with zero attached hydrogens (tertiary/aromatic N) is 2. The number of hydrogen-bond donors (Lipinski definition) is 1. The van der Waals surface area contributed by atoms with Crippen LogP contribution in [-0.4, -0.2) is 22.2 Å². The van der Waals surface area contributed by atoms with Crippen LogP contribution >= 0.6 is 0 Å². The van der Waals surface area contributed by atoms with E-state index in [0.29, 0.717) is 5.92 Å². The van der Waals surface area contributed by atoms with Crippen molar-refractivity contribution in [2.45, 2.75) is 19.4 Å². The minimum absolute atomic E-state index is 0.0319. The summed E-state index contributed by atoms with van der Waals surface area (Å²) in [4.78, 5) is 11.9. The van der Waals surface area contributed by atoms with Crippen LogP contribution in [0.1, 0.15) is 12.8 Å². The molecule has 0 spiro atoms. The number of fused-ring (bicyclic) bond motifs is 1. The van der Waals surface area contributed by atoms with Gasteiger partial charge in [-0.1, -0.05) is 42.5 Å².